The number of carbonyl (C=O) groups excluding carboxylic acids is 1. The smallest absolute Gasteiger partial charge is 0.268 e. The number of pyridine rings is 1. The van der Waals surface area contributed by atoms with Crippen LogP contribution in [0.25, 0.3) is 0 Å². The highest BCUT2D eigenvalue weighted by atomic mass is 16.2. The Morgan fingerprint density at radius 1 is 1.14 bits per heavy atom. The van der Waals surface area contributed by atoms with E-state index in [4.69, 9.17) is 0 Å². The standard InChI is InChI=1S/C17H18N2O2/c1-11-3-5-13(6-4-11)17(7-8-17)19-16(21)15-10-14(20)9-12(2)18-15/h3-6,9-10H,7-8H2,1-2H3,(H,18,20)(H,19,21). The molecule has 1 amide bonds. The van der Waals surface area contributed by atoms with Crippen LogP contribution in [-0.4, -0.2) is 10.9 Å². The van der Waals surface area contributed by atoms with Crippen molar-refractivity contribution in [3.8, 4) is 0 Å². The zero-order chi connectivity index (χ0) is 15.0. The summed E-state index contributed by atoms with van der Waals surface area (Å²) in [5.74, 6) is -0.228. The highest BCUT2D eigenvalue weighted by molar-refractivity contribution is 5.93. The van der Waals surface area contributed by atoms with Gasteiger partial charge < -0.3 is 10.3 Å². The number of hydrogen-bond donors (Lipinski definition) is 2. The molecular formula is C17H18N2O2. The molecule has 2 N–H and O–H groups in total. The van der Waals surface area contributed by atoms with Gasteiger partial charge in [-0.25, -0.2) is 0 Å². The molecule has 2 aromatic rings. The Bertz CT molecular complexity index is 740. The predicted molar refractivity (Wildman–Crippen MR) is 81.4 cm³/mol. The van der Waals surface area contributed by atoms with E-state index in [0.29, 0.717) is 11.4 Å². The fourth-order valence-corrected chi connectivity index (χ4v) is 2.57. The monoisotopic (exact) mass is 282 g/mol. The van der Waals surface area contributed by atoms with Gasteiger partial charge in [0, 0.05) is 17.8 Å². The van der Waals surface area contributed by atoms with Crippen LogP contribution in [-0.2, 0) is 5.54 Å². The number of amides is 1. The van der Waals surface area contributed by atoms with Gasteiger partial charge in [-0.1, -0.05) is 29.8 Å². The van der Waals surface area contributed by atoms with Gasteiger partial charge in [0.25, 0.3) is 5.91 Å². The van der Waals surface area contributed by atoms with E-state index < -0.39 is 0 Å². The largest absolute Gasteiger partial charge is 0.354 e. The molecule has 4 heteroatoms. The Kier molecular flexibility index (Phi) is 3.16. The molecule has 0 saturated heterocycles. The number of rotatable bonds is 3. The molecule has 0 radical (unpaired) electrons. The van der Waals surface area contributed by atoms with Gasteiger partial charge in [0.1, 0.15) is 5.69 Å². The van der Waals surface area contributed by atoms with E-state index in [9.17, 15) is 9.59 Å². The average Bonchev–Trinajstić information content (AvgIpc) is 3.19. The molecule has 1 aromatic carbocycles. The summed E-state index contributed by atoms with van der Waals surface area (Å²) < 4.78 is 0. The molecule has 0 bridgehead atoms. The fourth-order valence-electron chi connectivity index (χ4n) is 2.57. The maximum absolute atomic E-state index is 12.4. The summed E-state index contributed by atoms with van der Waals surface area (Å²) in [5.41, 5.74) is 2.90. The van der Waals surface area contributed by atoms with Crippen molar-refractivity contribution in [1.82, 2.24) is 10.3 Å². The van der Waals surface area contributed by atoms with Crippen LogP contribution < -0.4 is 10.7 Å². The summed E-state index contributed by atoms with van der Waals surface area (Å²) in [6.07, 6.45) is 1.86. The third-order valence-corrected chi connectivity index (χ3v) is 3.93. The molecule has 1 fully saturated rings. The number of H-pyrrole nitrogens is 1. The van der Waals surface area contributed by atoms with Crippen molar-refractivity contribution in [1.29, 1.82) is 0 Å². The van der Waals surface area contributed by atoms with Gasteiger partial charge in [0.15, 0.2) is 5.43 Å². The van der Waals surface area contributed by atoms with Gasteiger partial charge in [-0.3, -0.25) is 9.59 Å². The number of nitrogens with one attached hydrogen (secondary N) is 2. The minimum absolute atomic E-state index is 0.156. The van der Waals surface area contributed by atoms with Crippen LogP contribution in [0.5, 0.6) is 0 Å². The Morgan fingerprint density at radius 2 is 1.81 bits per heavy atom. The Hall–Kier alpha value is -2.36. The Labute approximate surface area is 123 Å². The van der Waals surface area contributed by atoms with Gasteiger partial charge in [-0.05, 0) is 32.3 Å². The van der Waals surface area contributed by atoms with Crippen molar-refractivity contribution in [2.75, 3.05) is 0 Å². The number of aromatic amines is 1. The lowest BCUT2D eigenvalue weighted by atomic mass is 10.0. The second-order valence-corrected chi connectivity index (χ2v) is 5.81. The minimum Gasteiger partial charge on any atom is -0.354 e. The highest BCUT2D eigenvalue weighted by Crippen LogP contribution is 2.45. The van der Waals surface area contributed by atoms with Crippen LogP contribution in [0.1, 0.15) is 40.2 Å². The first-order valence-corrected chi connectivity index (χ1v) is 7.09. The first-order chi connectivity index (χ1) is 9.98. The summed E-state index contributed by atoms with van der Waals surface area (Å²) in [5, 5.41) is 3.06. The lowest BCUT2D eigenvalue weighted by Gasteiger charge is -2.18. The topological polar surface area (TPSA) is 62.0 Å². The zero-order valence-electron chi connectivity index (χ0n) is 12.2. The molecule has 108 valence electrons. The van der Waals surface area contributed by atoms with E-state index in [1.165, 1.54) is 17.7 Å². The molecule has 0 aliphatic heterocycles. The average molecular weight is 282 g/mol. The van der Waals surface area contributed by atoms with Crippen molar-refractivity contribution >= 4 is 5.91 Å². The van der Waals surface area contributed by atoms with Gasteiger partial charge in [-0.2, -0.15) is 0 Å². The summed E-state index contributed by atoms with van der Waals surface area (Å²) in [6.45, 7) is 3.81. The summed E-state index contributed by atoms with van der Waals surface area (Å²) >= 11 is 0. The molecule has 0 unspecified atom stereocenters. The maximum Gasteiger partial charge on any atom is 0.268 e. The quantitative estimate of drug-likeness (QED) is 0.908. The summed E-state index contributed by atoms with van der Waals surface area (Å²) in [4.78, 5) is 26.8. The van der Waals surface area contributed by atoms with Crippen LogP contribution >= 0.6 is 0 Å². The fraction of sp³-hybridized carbons (Fsp3) is 0.294. The van der Waals surface area contributed by atoms with E-state index in [1.54, 1.807) is 6.92 Å². The van der Waals surface area contributed by atoms with Gasteiger partial charge in [-0.15, -0.1) is 0 Å². The lowest BCUT2D eigenvalue weighted by molar-refractivity contribution is 0.0925. The van der Waals surface area contributed by atoms with Gasteiger partial charge in [0.05, 0.1) is 5.54 Å². The van der Waals surface area contributed by atoms with Crippen LogP contribution in [0.4, 0.5) is 0 Å². The van der Waals surface area contributed by atoms with Crippen molar-refractivity contribution in [3.63, 3.8) is 0 Å². The first-order valence-electron chi connectivity index (χ1n) is 7.09. The summed E-state index contributed by atoms with van der Waals surface area (Å²) in [6, 6.07) is 11.0. The first kappa shape index (κ1) is 13.6. The third kappa shape index (κ3) is 2.75. The molecule has 1 saturated carbocycles. The Balaban J connectivity index is 1.84. The van der Waals surface area contributed by atoms with E-state index in [0.717, 1.165) is 18.4 Å². The molecule has 1 aromatic heterocycles. The molecular weight excluding hydrogens is 264 g/mol. The molecule has 0 spiro atoms. The molecule has 21 heavy (non-hydrogen) atoms. The van der Waals surface area contributed by atoms with Crippen molar-refractivity contribution in [2.45, 2.75) is 32.2 Å². The van der Waals surface area contributed by atoms with Crippen molar-refractivity contribution < 1.29 is 4.79 Å². The number of hydrogen-bond acceptors (Lipinski definition) is 2. The molecule has 0 atom stereocenters. The van der Waals surface area contributed by atoms with Gasteiger partial charge in [0.2, 0.25) is 0 Å². The zero-order valence-corrected chi connectivity index (χ0v) is 12.2. The Morgan fingerprint density at radius 3 is 2.38 bits per heavy atom. The number of benzene rings is 1. The third-order valence-electron chi connectivity index (χ3n) is 3.93. The van der Waals surface area contributed by atoms with E-state index in [1.807, 2.05) is 6.92 Å². The predicted octanol–water partition coefficient (Wildman–Crippen LogP) is 2.41. The SMILES string of the molecule is Cc1ccc(C2(NC(=O)c3cc(=O)cc(C)[nH]3)CC2)cc1. The van der Waals surface area contributed by atoms with Crippen LogP contribution in [0.2, 0.25) is 0 Å². The van der Waals surface area contributed by atoms with Crippen LogP contribution in [0, 0.1) is 13.8 Å². The number of carbonyl (C=O) groups is 1. The number of aryl methyl sites for hydroxylation is 2. The van der Waals surface area contributed by atoms with Crippen LogP contribution in [0.15, 0.2) is 41.2 Å². The van der Waals surface area contributed by atoms with Gasteiger partial charge >= 0.3 is 0 Å². The maximum atomic E-state index is 12.4. The van der Waals surface area contributed by atoms with E-state index in [-0.39, 0.29) is 16.9 Å². The molecule has 1 aliphatic carbocycles. The normalized spacial score (nSPS) is 15.5. The number of aromatic nitrogens is 1. The van der Waals surface area contributed by atoms with Crippen molar-refractivity contribution in [2.24, 2.45) is 0 Å². The second kappa shape index (κ2) is 4.88. The summed E-state index contributed by atoms with van der Waals surface area (Å²) in [7, 11) is 0. The molecule has 3 rings (SSSR count). The molecule has 4 nitrogen and oxygen atoms in total. The minimum atomic E-state index is -0.272. The van der Waals surface area contributed by atoms with Crippen LogP contribution in [0.3, 0.4) is 0 Å². The highest BCUT2D eigenvalue weighted by Gasteiger charge is 2.45. The molecule has 1 aliphatic rings. The van der Waals surface area contributed by atoms with Crippen molar-refractivity contribution in [3.05, 3.63) is 69.1 Å². The second-order valence-electron chi connectivity index (χ2n) is 5.81. The van der Waals surface area contributed by atoms with E-state index in [2.05, 4.69) is 34.6 Å². The molecule has 1 heterocycles. The lowest BCUT2D eigenvalue weighted by Crippen LogP contribution is -2.35. The van der Waals surface area contributed by atoms with E-state index >= 15 is 0 Å².